The van der Waals surface area contributed by atoms with Crippen LogP contribution in [0.4, 0.5) is 5.69 Å². The van der Waals surface area contributed by atoms with Crippen LogP contribution in [0.2, 0.25) is 10.0 Å². The van der Waals surface area contributed by atoms with Crippen LogP contribution in [-0.4, -0.2) is 33.5 Å². The van der Waals surface area contributed by atoms with Crippen molar-refractivity contribution in [3.63, 3.8) is 0 Å². The molecule has 0 saturated carbocycles. The molecule has 0 aliphatic rings. The third-order valence-corrected chi connectivity index (χ3v) is 6.25. The number of halogens is 2. The summed E-state index contributed by atoms with van der Waals surface area (Å²) < 4.78 is 13.4. The summed E-state index contributed by atoms with van der Waals surface area (Å²) in [5, 5.41) is 13.0. The Labute approximate surface area is 207 Å². The minimum absolute atomic E-state index is 0.168. The average Bonchev–Trinajstić information content (AvgIpc) is 3.17. The highest BCUT2D eigenvalue weighted by Gasteiger charge is 2.21. The molecule has 0 saturated heterocycles. The number of carbonyl (C=O) groups excluding carboxylic acids is 1. The molecule has 1 aromatic heterocycles. The lowest BCUT2D eigenvalue weighted by Crippen LogP contribution is -2.17. The fraction of sp³-hybridized carbons (Fsp3) is 0.348. The zero-order valence-electron chi connectivity index (χ0n) is 18.8. The van der Waals surface area contributed by atoms with Gasteiger partial charge in [-0.2, -0.15) is 0 Å². The Kier molecular flexibility index (Phi) is 8.88. The lowest BCUT2D eigenvalue weighted by Gasteiger charge is -2.18. The van der Waals surface area contributed by atoms with Crippen molar-refractivity contribution in [2.45, 2.75) is 38.6 Å². The number of hydrogen-bond donors (Lipinski definition) is 1. The van der Waals surface area contributed by atoms with E-state index in [1.54, 1.807) is 25.3 Å². The van der Waals surface area contributed by atoms with E-state index in [2.05, 4.69) is 29.4 Å². The maximum atomic E-state index is 12.5. The highest BCUT2D eigenvalue weighted by molar-refractivity contribution is 7.99. The van der Waals surface area contributed by atoms with Gasteiger partial charge in [0, 0.05) is 18.3 Å². The van der Waals surface area contributed by atoms with Crippen LogP contribution in [0.25, 0.3) is 0 Å². The van der Waals surface area contributed by atoms with Gasteiger partial charge in [-0.3, -0.25) is 4.79 Å². The summed E-state index contributed by atoms with van der Waals surface area (Å²) in [6.07, 6.45) is -0.345. The first-order valence-electron chi connectivity index (χ1n) is 10.4. The Balaban J connectivity index is 1.70. The minimum atomic E-state index is -0.345. The van der Waals surface area contributed by atoms with Crippen LogP contribution < -0.4 is 14.8 Å². The summed E-state index contributed by atoms with van der Waals surface area (Å²) in [5.74, 6) is 2.43. The van der Waals surface area contributed by atoms with Crippen LogP contribution in [-0.2, 0) is 11.3 Å². The molecule has 33 heavy (non-hydrogen) atoms. The third kappa shape index (κ3) is 7.03. The van der Waals surface area contributed by atoms with Crippen molar-refractivity contribution in [3.05, 3.63) is 58.3 Å². The molecular formula is C23H26Cl2N4O3S. The standard InChI is InChI=1S/C23H26Cl2N4O3S/c1-14(2)12-29-22(15(3)32-18-7-5-6-17(11-18)31-4)27-28-23(29)33-13-21(30)26-16-8-9-19(24)20(25)10-16/h5-11,14-15H,12-13H2,1-4H3,(H,26,30). The van der Waals surface area contributed by atoms with E-state index in [0.717, 1.165) is 0 Å². The molecule has 1 atom stereocenters. The lowest BCUT2D eigenvalue weighted by molar-refractivity contribution is -0.113. The first-order valence-corrected chi connectivity index (χ1v) is 12.1. The smallest absolute Gasteiger partial charge is 0.234 e. The van der Waals surface area contributed by atoms with Gasteiger partial charge in [-0.25, -0.2) is 0 Å². The SMILES string of the molecule is COc1cccc(OC(C)c2nnc(SCC(=O)Nc3ccc(Cl)c(Cl)c3)n2CC(C)C)c1. The maximum Gasteiger partial charge on any atom is 0.234 e. The van der Waals surface area contributed by atoms with Crippen molar-refractivity contribution in [3.8, 4) is 11.5 Å². The summed E-state index contributed by atoms with van der Waals surface area (Å²) in [4.78, 5) is 12.5. The third-order valence-electron chi connectivity index (χ3n) is 4.55. The van der Waals surface area contributed by atoms with Gasteiger partial charge < -0.3 is 19.4 Å². The monoisotopic (exact) mass is 508 g/mol. The van der Waals surface area contributed by atoms with Crippen molar-refractivity contribution in [2.75, 3.05) is 18.2 Å². The number of amides is 1. The number of hydrogen-bond acceptors (Lipinski definition) is 6. The molecule has 1 heterocycles. The van der Waals surface area contributed by atoms with Crippen molar-refractivity contribution in [1.29, 1.82) is 0 Å². The predicted octanol–water partition coefficient (Wildman–Crippen LogP) is 6.12. The van der Waals surface area contributed by atoms with Crippen molar-refractivity contribution in [2.24, 2.45) is 5.92 Å². The summed E-state index contributed by atoms with van der Waals surface area (Å²) in [6.45, 7) is 6.85. The molecule has 7 nitrogen and oxygen atoms in total. The molecule has 2 aromatic carbocycles. The fourth-order valence-electron chi connectivity index (χ4n) is 3.08. The Morgan fingerprint density at radius 1 is 1.09 bits per heavy atom. The first kappa shape index (κ1) is 25.2. The molecule has 0 aliphatic heterocycles. The Morgan fingerprint density at radius 3 is 2.55 bits per heavy atom. The summed E-state index contributed by atoms with van der Waals surface area (Å²) in [5.41, 5.74) is 0.583. The van der Waals surface area contributed by atoms with Gasteiger partial charge in [0.15, 0.2) is 17.1 Å². The molecular weight excluding hydrogens is 483 g/mol. The molecule has 0 spiro atoms. The van der Waals surface area contributed by atoms with Gasteiger partial charge in [-0.05, 0) is 43.2 Å². The number of nitrogens with zero attached hydrogens (tertiary/aromatic N) is 3. The van der Waals surface area contributed by atoms with Crippen LogP contribution in [0.15, 0.2) is 47.6 Å². The summed E-state index contributed by atoms with van der Waals surface area (Å²) in [6, 6.07) is 12.4. The zero-order chi connectivity index (χ0) is 24.0. The minimum Gasteiger partial charge on any atom is -0.497 e. The summed E-state index contributed by atoms with van der Waals surface area (Å²) in [7, 11) is 1.61. The van der Waals surface area contributed by atoms with Crippen molar-refractivity contribution < 1.29 is 14.3 Å². The number of methoxy groups -OCH3 is 1. The lowest BCUT2D eigenvalue weighted by atomic mass is 10.2. The number of anilines is 1. The topological polar surface area (TPSA) is 78.3 Å². The summed E-state index contributed by atoms with van der Waals surface area (Å²) >= 11 is 13.3. The quantitative estimate of drug-likeness (QED) is 0.332. The predicted molar refractivity (Wildman–Crippen MR) is 133 cm³/mol. The molecule has 0 fully saturated rings. The molecule has 10 heteroatoms. The second-order valence-corrected chi connectivity index (χ2v) is 9.51. The fourth-order valence-corrected chi connectivity index (χ4v) is 4.13. The highest BCUT2D eigenvalue weighted by Crippen LogP contribution is 2.28. The molecule has 1 amide bonds. The second kappa shape index (κ2) is 11.6. The number of ether oxygens (including phenoxy) is 2. The maximum absolute atomic E-state index is 12.5. The first-order chi connectivity index (χ1) is 15.8. The van der Waals surface area contributed by atoms with Crippen molar-refractivity contribution in [1.82, 2.24) is 14.8 Å². The van der Waals surface area contributed by atoms with Gasteiger partial charge in [0.2, 0.25) is 5.91 Å². The van der Waals surface area contributed by atoms with Gasteiger partial charge in [-0.15, -0.1) is 10.2 Å². The van der Waals surface area contributed by atoms with Crippen LogP contribution >= 0.6 is 35.0 Å². The molecule has 0 bridgehead atoms. The largest absolute Gasteiger partial charge is 0.497 e. The molecule has 0 aliphatic carbocycles. The van der Waals surface area contributed by atoms with E-state index in [1.165, 1.54) is 11.8 Å². The number of nitrogens with one attached hydrogen (secondary N) is 1. The molecule has 0 radical (unpaired) electrons. The van der Waals surface area contributed by atoms with Gasteiger partial charge in [-0.1, -0.05) is 54.9 Å². The molecule has 1 N–H and O–H groups in total. The van der Waals surface area contributed by atoms with E-state index in [4.69, 9.17) is 32.7 Å². The number of aromatic nitrogens is 3. The van der Waals surface area contributed by atoms with E-state index in [0.29, 0.717) is 50.7 Å². The van der Waals surface area contributed by atoms with Gasteiger partial charge in [0.25, 0.3) is 0 Å². The van der Waals surface area contributed by atoms with Crippen LogP contribution in [0, 0.1) is 5.92 Å². The molecule has 1 unspecified atom stereocenters. The van der Waals surface area contributed by atoms with E-state index in [9.17, 15) is 4.79 Å². The average molecular weight is 509 g/mol. The van der Waals surface area contributed by atoms with Gasteiger partial charge in [0.05, 0.1) is 22.9 Å². The number of carbonyl (C=O) groups is 1. The number of thioether (sulfide) groups is 1. The second-order valence-electron chi connectivity index (χ2n) is 7.75. The molecule has 3 aromatic rings. The number of rotatable bonds is 10. The van der Waals surface area contributed by atoms with Crippen LogP contribution in [0.3, 0.4) is 0 Å². The molecule has 3 rings (SSSR count). The van der Waals surface area contributed by atoms with Crippen LogP contribution in [0.1, 0.15) is 32.7 Å². The van der Waals surface area contributed by atoms with E-state index >= 15 is 0 Å². The van der Waals surface area contributed by atoms with Gasteiger partial charge >= 0.3 is 0 Å². The Morgan fingerprint density at radius 2 is 1.85 bits per heavy atom. The van der Waals surface area contributed by atoms with Crippen LogP contribution in [0.5, 0.6) is 11.5 Å². The van der Waals surface area contributed by atoms with E-state index in [-0.39, 0.29) is 17.8 Å². The van der Waals surface area contributed by atoms with Gasteiger partial charge in [0.1, 0.15) is 11.5 Å². The van der Waals surface area contributed by atoms with E-state index in [1.807, 2.05) is 35.8 Å². The highest BCUT2D eigenvalue weighted by atomic mass is 35.5. The molecule has 176 valence electrons. The Hall–Kier alpha value is -2.42. The number of benzene rings is 2. The van der Waals surface area contributed by atoms with E-state index < -0.39 is 0 Å². The normalized spacial score (nSPS) is 12.0. The Bertz CT molecular complexity index is 1110. The van der Waals surface area contributed by atoms with Crippen molar-refractivity contribution >= 4 is 46.6 Å². The zero-order valence-corrected chi connectivity index (χ0v) is 21.2.